The van der Waals surface area contributed by atoms with Gasteiger partial charge in [0.1, 0.15) is 17.1 Å². The summed E-state index contributed by atoms with van der Waals surface area (Å²) in [6.45, 7) is 6.17. The van der Waals surface area contributed by atoms with Crippen LogP contribution in [0.5, 0.6) is 11.5 Å². The van der Waals surface area contributed by atoms with Crippen LogP contribution in [0, 0.1) is 0 Å². The molecule has 2 aromatic carbocycles. The van der Waals surface area contributed by atoms with Crippen molar-refractivity contribution in [1.29, 1.82) is 0 Å². The topological polar surface area (TPSA) is 29.5 Å². The minimum Gasteiger partial charge on any atom is -0.508 e. The molecule has 0 aliphatic carbocycles. The van der Waals surface area contributed by atoms with Gasteiger partial charge < -0.3 is 9.84 Å². The SMILES string of the molecule is CC1=C(Cc2ccc(Cl)c(Cl)c2)C(C)(C)Oc2cc(O)ccc21. The molecule has 0 amide bonds. The number of rotatable bonds is 2. The molecule has 0 spiro atoms. The smallest absolute Gasteiger partial charge is 0.131 e. The molecule has 1 heterocycles. The van der Waals surface area contributed by atoms with Crippen molar-refractivity contribution in [3.05, 3.63) is 63.1 Å². The van der Waals surface area contributed by atoms with Crippen LogP contribution in [0.25, 0.3) is 5.57 Å². The molecule has 1 N–H and O–H groups in total. The van der Waals surface area contributed by atoms with Gasteiger partial charge in [-0.25, -0.2) is 0 Å². The quantitative estimate of drug-likeness (QED) is 0.733. The molecule has 1 aliphatic heterocycles. The number of hydrogen-bond acceptors (Lipinski definition) is 2. The van der Waals surface area contributed by atoms with E-state index in [-0.39, 0.29) is 5.75 Å². The van der Waals surface area contributed by atoms with Crippen molar-refractivity contribution in [1.82, 2.24) is 0 Å². The molecule has 0 aromatic heterocycles. The zero-order valence-electron chi connectivity index (χ0n) is 13.3. The summed E-state index contributed by atoms with van der Waals surface area (Å²) in [4.78, 5) is 0. The lowest BCUT2D eigenvalue weighted by Gasteiger charge is -2.36. The number of halogens is 2. The summed E-state index contributed by atoms with van der Waals surface area (Å²) in [5.41, 5.74) is 4.00. The maximum atomic E-state index is 9.68. The number of phenols is 1. The van der Waals surface area contributed by atoms with Crippen LogP contribution in [0.4, 0.5) is 0 Å². The number of hydrogen-bond donors (Lipinski definition) is 1. The van der Waals surface area contributed by atoms with Gasteiger partial charge in [-0.15, -0.1) is 0 Å². The number of fused-ring (bicyclic) bond motifs is 1. The van der Waals surface area contributed by atoms with E-state index in [1.165, 1.54) is 11.1 Å². The predicted molar refractivity (Wildman–Crippen MR) is 95.6 cm³/mol. The van der Waals surface area contributed by atoms with Crippen molar-refractivity contribution in [3.8, 4) is 11.5 Å². The van der Waals surface area contributed by atoms with Crippen LogP contribution in [0.3, 0.4) is 0 Å². The summed E-state index contributed by atoms with van der Waals surface area (Å²) in [6, 6.07) is 10.9. The van der Waals surface area contributed by atoms with E-state index in [1.807, 2.05) is 38.1 Å². The van der Waals surface area contributed by atoms with E-state index in [9.17, 15) is 5.11 Å². The fourth-order valence-electron chi connectivity index (χ4n) is 3.06. The number of ether oxygens (including phenoxy) is 1. The maximum absolute atomic E-state index is 9.68. The van der Waals surface area contributed by atoms with Crippen LogP contribution in [-0.2, 0) is 6.42 Å². The summed E-state index contributed by atoms with van der Waals surface area (Å²) < 4.78 is 6.13. The van der Waals surface area contributed by atoms with Gasteiger partial charge in [0.15, 0.2) is 0 Å². The second-order valence-corrected chi connectivity index (χ2v) is 7.14. The fourth-order valence-corrected chi connectivity index (χ4v) is 3.38. The summed E-state index contributed by atoms with van der Waals surface area (Å²) in [7, 11) is 0. The fraction of sp³-hybridized carbons (Fsp3) is 0.263. The molecule has 0 unspecified atom stereocenters. The average Bonchev–Trinajstić information content (AvgIpc) is 2.46. The van der Waals surface area contributed by atoms with E-state index in [2.05, 4.69) is 6.92 Å². The second-order valence-electron chi connectivity index (χ2n) is 6.32. The van der Waals surface area contributed by atoms with E-state index in [1.54, 1.807) is 12.1 Å². The van der Waals surface area contributed by atoms with E-state index in [0.29, 0.717) is 15.8 Å². The number of phenolic OH excluding ortho intramolecular Hbond substituents is 1. The molecule has 0 saturated carbocycles. The normalized spacial score (nSPS) is 16.0. The van der Waals surface area contributed by atoms with E-state index >= 15 is 0 Å². The molecule has 0 atom stereocenters. The van der Waals surface area contributed by atoms with Gasteiger partial charge in [-0.2, -0.15) is 0 Å². The molecule has 3 rings (SSSR count). The largest absolute Gasteiger partial charge is 0.508 e. The lowest BCUT2D eigenvalue weighted by Crippen LogP contribution is -2.35. The van der Waals surface area contributed by atoms with Gasteiger partial charge in [0.05, 0.1) is 10.0 Å². The summed E-state index contributed by atoms with van der Waals surface area (Å²) in [5.74, 6) is 0.922. The summed E-state index contributed by atoms with van der Waals surface area (Å²) in [6.07, 6.45) is 0.732. The van der Waals surface area contributed by atoms with Crippen molar-refractivity contribution < 1.29 is 9.84 Å². The highest BCUT2D eigenvalue weighted by atomic mass is 35.5. The summed E-state index contributed by atoms with van der Waals surface area (Å²) >= 11 is 12.1. The number of benzene rings is 2. The first kappa shape index (κ1) is 16.2. The standard InChI is InChI=1S/C19H18Cl2O2/c1-11-14-6-5-13(22)10-18(14)23-19(2,3)15(11)8-12-4-7-16(20)17(21)9-12/h4-7,9-10,22H,8H2,1-3H3. The molecule has 0 saturated heterocycles. The molecule has 2 nitrogen and oxygen atoms in total. The monoisotopic (exact) mass is 348 g/mol. The molecule has 0 radical (unpaired) electrons. The Bertz CT molecular complexity index is 807. The molecule has 23 heavy (non-hydrogen) atoms. The van der Waals surface area contributed by atoms with E-state index < -0.39 is 5.60 Å². The molecular formula is C19H18Cl2O2. The zero-order chi connectivity index (χ0) is 16.8. The van der Waals surface area contributed by atoms with Gasteiger partial charge >= 0.3 is 0 Å². The molecule has 120 valence electrons. The maximum Gasteiger partial charge on any atom is 0.131 e. The molecule has 0 fully saturated rings. The van der Waals surface area contributed by atoms with Gasteiger partial charge in [0, 0.05) is 11.6 Å². The lowest BCUT2D eigenvalue weighted by molar-refractivity contribution is 0.141. The third-order valence-corrected chi connectivity index (χ3v) is 5.02. The van der Waals surface area contributed by atoms with Crippen LogP contribution in [0.1, 0.15) is 31.9 Å². The van der Waals surface area contributed by atoms with Crippen molar-refractivity contribution in [3.63, 3.8) is 0 Å². The Kier molecular flexibility index (Phi) is 4.07. The van der Waals surface area contributed by atoms with Crippen LogP contribution in [0.15, 0.2) is 42.0 Å². The molecular weight excluding hydrogens is 331 g/mol. The Morgan fingerprint density at radius 1 is 1.04 bits per heavy atom. The van der Waals surface area contributed by atoms with Crippen molar-refractivity contribution in [2.45, 2.75) is 32.8 Å². The molecule has 2 aromatic rings. The third-order valence-electron chi connectivity index (χ3n) is 4.28. The highest BCUT2D eigenvalue weighted by Crippen LogP contribution is 2.43. The van der Waals surface area contributed by atoms with E-state index in [0.717, 1.165) is 17.5 Å². The second kappa shape index (κ2) is 5.77. The minimum atomic E-state index is -0.461. The van der Waals surface area contributed by atoms with Crippen LogP contribution in [0.2, 0.25) is 10.0 Å². The predicted octanol–water partition coefficient (Wildman–Crippen LogP) is 5.89. The van der Waals surface area contributed by atoms with Gasteiger partial charge in [0.25, 0.3) is 0 Å². The molecule has 0 bridgehead atoms. The van der Waals surface area contributed by atoms with Crippen LogP contribution in [-0.4, -0.2) is 10.7 Å². The average molecular weight is 349 g/mol. The van der Waals surface area contributed by atoms with Crippen molar-refractivity contribution >= 4 is 28.8 Å². The van der Waals surface area contributed by atoms with Gasteiger partial charge in [-0.3, -0.25) is 0 Å². The zero-order valence-corrected chi connectivity index (χ0v) is 14.8. The van der Waals surface area contributed by atoms with Crippen LogP contribution < -0.4 is 4.74 Å². The van der Waals surface area contributed by atoms with Crippen molar-refractivity contribution in [2.75, 3.05) is 0 Å². The van der Waals surface area contributed by atoms with E-state index in [4.69, 9.17) is 27.9 Å². The highest BCUT2D eigenvalue weighted by Gasteiger charge is 2.33. The number of aromatic hydroxyl groups is 1. The Balaban J connectivity index is 2.06. The Morgan fingerprint density at radius 3 is 2.48 bits per heavy atom. The Hall–Kier alpha value is -1.64. The Labute approximate surface area is 146 Å². The first-order chi connectivity index (χ1) is 10.8. The van der Waals surface area contributed by atoms with Gasteiger partial charge in [-0.1, -0.05) is 29.3 Å². The highest BCUT2D eigenvalue weighted by molar-refractivity contribution is 6.42. The summed E-state index contributed by atoms with van der Waals surface area (Å²) in [5, 5.41) is 10.8. The third kappa shape index (κ3) is 3.06. The lowest BCUT2D eigenvalue weighted by atomic mass is 9.83. The number of allylic oxidation sites excluding steroid dienone is 1. The molecule has 4 heteroatoms. The first-order valence-electron chi connectivity index (χ1n) is 7.44. The van der Waals surface area contributed by atoms with Gasteiger partial charge in [0.2, 0.25) is 0 Å². The van der Waals surface area contributed by atoms with Crippen molar-refractivity contribution in [2.24, 2.45) is 0 Å². The van der Waals surface area contributed by atoms with Gasteiger partial charge in [-0.05, 0) is 68.2 Å². The first-order valence-corrected chi connectivity index (χ1v) is 8.20. The minimum absolute atomic E-state index is 0.209. The van der Waals surface area contributed by atoms with Crippen LogP contribution >= 0.6 is 23.2 Å². The Morgan fingerprint density at radius 2 is 1.78 bits per heavy atom. The molecule has 1 aliphatic rings.